The van der Waals surface area contributed by atoms with E-state index in [1.165, 1.54) is 0 Å². The molecule has 0 spiro atoms. The summed E-state index contributed by atoms with van der Waals surface area (Å²) in [4.78, 5) is 0. The third-order valence-corrected chi connectivity index (χ3v) is 3.06. The first-order valence-corrected chi connectivity index (χ1v) is 4.91. The van der Waals surface area contributed by atoms with Crippen molar-refractivity contribution in [2.24, 2.45) is 5.73 Å². The zero-order valence-electron chi connectivity index (χ0n) is 8.44. The van der Waals surface area contributed by atoms with Crippen LogP contribution in [0.5, 0.6) is 0 Å². The van der Waals surface area contributed by atoms with E-state index in [0.29, 0.717) is 6.07 Å². The molecule has 0 heterocycles. The quantitative estimate of drug-likeness (QED) is 0.780. The molecular formula is C11H11F4N. The molecule has 2 N–H and O–H groups in total. The second-order valence-corrected chi connectivity index (χ2v) is 4.35. The number of halogens is 4. The van der Waals surface area contributed by atoms with Gasteiger partial charge in [0.05, 0.1) is 0 Å². The minimum Gasteiger partial charge on any atom is -0.330 e. The molecule has 0 radical (unpaired) electrons. The molecule has 1 saturated carbocycles. The van der Waals surface area contributed by atoms with Gasteiger partial charge in [-0.2, -0.15) is 0 Å². The fourth-order valence-corrected chi connectivity index (χ4v) is 2.26. The summed E-state index contributed by atoms with van der Waals surface area (Å²) >= 11 is 0. The summed E-state index contributed by atoms with van der Waals surface area (Å²) in [5.74, 6) is -4.31. The second kappa shape index (κ2) is 3.45. The Hall–Kier alpha value is -1.10. The number of benzene rings is 1. The average Bonchev–Trinajstić information content (AvgIpc) is 2.11. The maximum Gasteiger partial charge on any atom is 0.250 e. The molecule has 88 valence electrons. The standard InChI is InChI=1S/C11H11F4N/c12-8-1-7(2-9(13)3-8)10(6-16)4-11(14,15)5-10/h1-3H,4-6,16H2. The Kier molecular flexibility index (Phi) is 2.45. The Morgan fingerprint density at radius 2 is 1.56 bits per heavy atom. The highest BCUT2D eigenvalue weighted by molar-refractivity contribution is 5.32. The summed E-state index contributed by atoms with van der Waals surface area (Å²) in [6, 6.07) is 2.86. The summed E-state index contributed by atoms with van der Waals surface area (Å²) in [6.45, 7) is -0.0362. The monoisotopic (exact) mass is 233 g/mol. The molecule has 1 aliphatic rings. The summed E-state index contributed by atoms with van der Waals surface area (Å²) < 4.78 is 51.7. The van der Waals surface area contributed by atoms with Gasteiger partial charge in [-0.05, 0) is 17.7 Å². The molecule has 0 amide bonds. The Labute approximate surface area is 90.3 Å². The number of hydrogen-bond acceptors (Lipinski definition) is 1. The van der Waals surface area contributed by atoms with Crippen molar-refractivity contribution in [1.82, 2.24) is 0 Å². The minimum atomic E-state index is -2.78. The molecular weight excluding hydrogens is 222 g/mol. The number of alkyl halides is 2. The Balaban J connectivity index is 2.35. The number of rotatable bonds is 2. The highest BCUT2D eigenvalue weighted by Crippen LogP contribution is 2.52. The van der Waals surface area contributed by atoms with E-state index >= 15 is 0 Å². The second-order valence-electron chi connectivity index (χ2n) is 4.35. The summed E-state index contributed by atoms with van der Waals surface area (Å²) in [7, 11) is 0. The molecule has 0 aromatic heterocycles. The van der Waals surface area contributed by atoms with E-state index in [4.69, 9.17) is 5.73 Å². The first-order chi connectivity index (χ1) is 7.37. The van der Waals surface area contributed by atoms with Crippen molar-refractivity contribution in [3.63, 3.8) is 0 Å². The van der Waals surface area contributed by atoms with Crippen LogP contribution in [-0.2, 0) is 5.41 Å². The number of hydrogen-bond donors (Lipinski definition) is 1. The van der Waals surface area contributed by atoms with Gasteiger partial charge < -0.3 is 5.73 Å². The molecule has 0 bridgehead atoms. The van der Waals surface area contributed by atoms with Gasteiger partial charge in [-0.25, -0.2) is 17.6 Å². The molecule has 1 aliphatic carbocycles. The first-order valence-electron chi connectivity index (χ1n) is 4.91. The van der Waals surface area contributed by atoms with E-state index in [1.54, 1.807) is 0 Å². The number of nitrogens with two attached hydrogens (primary N) is 1. The van der Waals surface area contributed by atoms with E-state index < -0.39 is 35.8 Å². The van der Waals surface area contributed by atoms with Crippen LogP contribution in [0.1, 0.15) is 18.4 Å². The lowest BCUT2D eigenvalue weighted by molar-refractivity contribution is -0.123. The van der Waals surface area contributed by atoms with Crippen LogP contribution in [0.4, 0.5) is 17.6 Å². The van der Waals surface area contributed by atoms with Crippen LogP contribution in [0.25, 0.3) is 0 Å². The molecule has 1 fully saturated rings. The lowest BCUT2D eigenvalue weighted by Gasteiger charge is -2.47. The zero-order chi connectivity index (χ0) is 12.0. The predicted octanol–water partition coefficient (Wildman–Crippen LogP) is 2.59. The van der Waals surface area contributed by atoms with E-state index in [9.17, 15) is 17.6 Å². The van der Waals surface area contributed by atoms with Crippen molar-refractivity contribution in [3.05, 3.63) is 35.4 Å². The van der Waals surface area contributed by atoms with Crippen LogP contribution in [0.15, 0.2) is 18.2 Å². The Morgan fingerprint density at radius 1 is 1.06 bits per heavy atom. The Bertz CT molecular complexity index is 388. The maximum atomic E-state index is 13.0. The van der Waals surface area contributed by atoms with Crippen LogP contribution >= 0.6 is 0 Å². The van der Waals surface area contributed by atoms with Gasteiger partial charge in [0.1, 0.15) is 11.6 Å². The van der Waals surface area contributed by atoms with E-state index in [-0.39, 0.29) is 12.1 Å². The van der Waals surface area contributed by atoms with E-state index in [0.717, 1.165) is 12.1 Å². The minimum absolute atomic E-state index is 0.0362. The van der Waals surface area contributed by atoms with Gasteiger partial charge in [0.15, 0.2) is 0 Å². The first kappa shape index (κ1) is 11.4. The van der Waals surface area contributed by atoms with Crippen molar-refractivity contribution in [1.29, 1.82) is 0 Å². The molecule has 2 rings (SSSR count). The fraction of sp³-hybridized carbons (Fsp3) is 0.455. The lowest BCUT2D eigenvalue weighted by Crippen LogP contribution is -2.53. The van der Waals surface area contributed by atoms with Crippen LogP contribution in [0, 0.1) is 11.6 Å². The average molecular weight is 233 g/mol. The van der Waals surface area contributed by atoms with E-state index in [2.05, 4.69) is 0 Å². The molecule has 5 heteroatoms. The van der Waals surface area contributed by atoms with Gasteiger partial charge in [0.25, 0.3) is 0 Å². The maximum absolute atomic E-state index is 13.0. The van der Waals surface area contributed by atoms with E-state index in [1.807, 2.05) is 0 Å². The highest BCUT2D eigenvalue weighted by Gasteiger charge is 2.56. The van der Waals surface area contributed by atoms with Crippen molar-refractivity contribution in [3.8, 4) is 0 Å². The topological polar surface area (TPSA) is 26.0 Å². The molecule has 0 unspecified atom stereocenters. The van der Waals surface area contributed by atoms with Gasteiger partial charge in [-0.1, -0.05) is 0 Å². The van der Waals surface area contributed by atoms with Crippen LogP contribution in [0.2, 0.25) is 0 Å². The summed E-state index contributed by atoms with van der Waals surface area (Å²) in [6.07, 6.45) is -0.890. The normalized spacial score (nSPS) is 21.6. The Morgan fingerprint density at radius 3 is 1.94 bits per heavy atom. The van der Waals surface area contributed by atoms with Gasteiger partial charge in [0, 0.05) is 30.9 Å². The van der Waals surface area contributed by atoms with Gasteiger partial charge >= 0.3 is 0 Å². The summed E-state index contributed by atoms with van der Waals surface area (Å²) in [5, 5.41) is 0. The van der Waals surface area contributed by atoms with Crippen LogP contribution in [0.3, 0.4) is 0 Å². The van der Waals surface area contributed by atoms with Gasteiger partial charge in [-0.15, -0.1) is 0 Å². The third kappa shape index (κ3) is 1.80. The van der Waals surface area contributed by atoms with Crippen LogP contribution in [-0.4, -0.2) is 12.5 Å². The van der Waals surface area contributed by atoms with Crippen molar-refractivity contribution in [2.45, 2.75) is 24.2 Å². The molecule has 0 aliphatic heterocycles. The van der Waals surface area contributed by atoms with Crippen molar-refractivity contribution in [2.75, 3.05) is 6.54 Å². The lowest BCUT2D eigenvalue weighted by atomic mass is 9.62. The van der Waals surface area contributed by atoms with Crippen LogP contribution < -0.4 is 5.73 Å². The fourth-order valence-electron chi connectivity index (χ4n) is 2.26. The van der Waals surface area contributed by atoms with Gasteiger partial charge in [0.2, 0.25) is 5.92 Å². The highest BCUT2D eigenvalue weighted by atomic mass is 19.3. The van der Waals surface area contributed by atoms with Crippen molar-refractivity contribution < 1.29 is 17.6 Å². The molecule has 1 nitrogen and oxygen atoms in total. The molecule has 1 aromatic rings. The van der Waals surface area contributed by atoms with Crippen molar-refractivity contribution >= 4 is 0 Å². The smallest absolute Gasteiger partial charge is 0.250 e. The SMILES string of the molecule is NCC1(c2cc(F)cc(F)c2)CC(F)(F)C1. The van der Waals surface area contributed by atoms with Gasteiger partial charge in [-0.3, -0.25) is 0 Å². The molecule has 1 aromatic carbocycles. The predicted molar refractivity (Wildman–Crippen MR) is 51.3 cm³/mol. The third-order valence-electron chi connectivity index (χ3n) is 3.06. The summed E-state index contributed by atoms with van der Waals surface area (Å²) in [5.41, 5.74) is 4.68. The molecule has 0 saturated heterocycles. The zero-order valence-corrected chi connectivity index (χ0v) is 8.44. The molecule has 16 heavy (non-hydrogen) atoms. The largest absolute Gasteiger partial charge is 0.330 e. The molecule has 0 atom stereocenters.